The normalized spacial score (nSPS) is 18.8. The predicted molar refractivity (Wildman–Crippen MR) is 111 cm³/mol. The van der Waals surface area contributed by atoms with E-state index in [4.69, 9.17) is 25.5 Å². The number of hydrogen-bond donors (Lipinski definition) is 3. The summed E-state index contributed by atoms with van der Waals surface area (Å²) in [5.41, 5.74) is 11.7. The Kier molecular flexibility index (Phi) is 6.01. The Morgan fingerprint density at radius 1 is 1.25 bits per heavy atom. The first-order chi connectivity index (χ1) is 12.7. The monoisotopic (exact) mass is 390 g/mol. The third-order valence-electron chi connectivity index (χ3n) is 4.71. The Balaban J connectivity index is 2.27. The van der Waals surface area contributed by atoms with Gasteiger partial charge in [-0.05, 0) is 65.6 Å². The molecule has 1 aromatic heterocycles. The number of anilines is 2. The number of aromatic nitrogens is 1. The average Bonchev–Trinajstić information content (AvgIpc) is 2.73. The number of hydrogen-bond acceptors (Lipinski definition) is 7. The van der Waals surface area contributed by atoms with Crippen LogP contribution in [0.1, 0.15) is 54.0 Å². The second kappa shape index (κ2) is 7.64. The molecule has 0 saturated carbocycles. The van der Waals surface area contributed by atoms with E-state index in [-0.39, 0.29) is 12.4 Å². The lowest BCUT2D eigenvalue weighted by Crippen LogP contribution is -2.41. The van der Waals surface area contributed by atoms with Crippen molar-refractivity contribution >= 4 is 30.8 Å². The molecule has 1 amide bonds. The maximum atomic E-state index is 12.1. The molecule has 0 bridgehead atoms. The molecule has 0 aromatic carbocycles. The highest BCUT2D eigenvalue weighted by atomic mass is 16.7. The summed E-state index contributed by atoms with van der Waals surface area (Å²) in [4.78, 5) is 16.2. The van der Waals surface area contributed by atoms with Gasteiger partial charge in [-0.1, -0.05) is 6.08 Å². The molecule has 1 fully saturated rings. The van der Waals surface area contributed by atoms with Crippen molar-refractivity contribution in [1.29, 1.82) is 0 Å². The minimum Gasteiger partial charge on any atom is -0.444 e. The van der Waals surface area contributed by atoms with Crippen LogP contribution in [0.4, 0.5) is 16.3 Å². The van der Waals surface area contributed by atoms with Gasteiger partial charge in [0, 0.05) is 12.7 Å². The molecule has 8 nitrogen and oxygen atoms in total. The number of rotatable bonds is 4. The molecule has 154 valence electrons. The fourth-order valence-corrected chi connectivity index (χ4v) is 2.49. The Hall–Kier alpha value is -2.26. The van der Waals surface area contributed by atoms with Crippen molar-refractivity contribution in [2.75, 3.05) is 18.0 Å². The first kappa shape index (κ1) is 22.0. The standard InChI is InChI=1S/C19H31BN4O4/c1-17(2,3)26-16(25)24-11-13(8-12-9-14(21)15(22)23-10-12)20-27-18(4,5)19(6,7)28-20/h8-10H,11,21H2,1-7H3,(H2,22,23)(H,24,25). The molecule has 9 heteroatoms. The molecular weight excluding hydrogens is 359 g/mol. The smallest absolute Gasteiger partial charge is 0.444 e. The van der Waals surface area contributed by atoms with E-state index in [1.165, 1.54) is 0 Å². The summed E-state index contributed by atoms with van der Waals surface area (Å²) in [5, 5.41) is 2.75. The van der Waals surface area contributed by atoms with Gasteiger partial charge >= 0.3 is 13.2 Å². The van der Waals surface area contributed by atoms with E-state index in [0.29, 0.717) is 11.2 Å². The molecular formula is C19H31BN4O4. The van der Waals surface area contributed by atoms with Crippen molar-refractivity contribution < 1.29 is 18.8 Å². The number of nitrogens with two attached hydrogens (primary N) is 2. The topological polar surface area (TPSA) is 122 Å². The molecule has 0 radical (unpaired) electrons. The van der Waals surface area contributed by atoms with Gasteiger partial charge in [-0.2, -0.15) is 0 Å². The molecule has 1 saturated heterocycles. The van der Waals surface area contributed by atoms with E-state index in [0.717, 1.165) is 5.56 Å². The molecule has 2 heterocycles. The first-order valence-corrected chi connectivity index (χ1v) is 9.24. The SMILES string of the molecule is CC(C)(C)OC(=O)NCC(=Cc1cnc(N)c(N)c1)B1OC(C)(C)C(C)(C)O1. The molecule has 2 rings (SSSR count). The van der Waals surface area contributed by atoms with Crippen LogP contribution >= 0.6 is 0 Å². The molecule has 0 unspecified atom stereocenters. The Morgan fingerprint density at radius 3 is 2.32 bits per heavy atom. The zero-order valence-electron chi connectivity index (χ0n) is 17.8. The lowest BCUT2D eigenvalue weighted by Gasteiger charge is -2.32. The largest absolute Gasteiger partial charge is 0.492 e. The van der Waals surface area contributed by atoms with Gasteiger partial charge in [0.2, 0.25) is 0 Å². The van der Waals surface area contributed by atoms with Crippen molar-refractivity contribution in [2.45, 2.75) is 65.3 Å². The third kappa shape index (κ3) is 5.39. The summed E-state index contributed by atoms with van der Waals surface area (Å²) in [5.74, 6) is 0.265. The maximum Gasteiger partial charge on any atom is 0.492 e. The molecule has 0 atom stereocenters. The Labute approximate surface area is 167 Å². The quantitative estimate of drug-likeness (QED) is 0.676. The number of pyridine rings is 1. The van der Waals surface area contributed by atoms with Crippen LogP contribution in [-0.4, -0.2) is 41.5 Å². The number of carbonyl (C=O) groups excluding carboxylic acids is 1. The van der Waals surface area contributed by atoms with Crippen LogP contribution in [-0.2, 0) is 14.0 Å². The Morgan fingerprint density at radius 2 is 1.82 bits per heavy atom. The van der Waals surface area contributed by atoms with Crippen LogP contribution in [0.2, 0.25) is 0 Å². The molecule has 1 aliphatic heterocycles. The van der Waals surface area contributed by atoms with Crippen LogP contribution in [0, 0.1) is 0 Å². The third-order valence-corrected chi connectivity index (χ3v) is 4.71. The second-order valence-electron chi connectivity index (χ2n) is 8.91. The number of nitrogen functional groups attached to an aromatic ring is 2. The average molecular weight is 390 g/mol. The summed E-state index contributed by atoms with van der Waals surface area (Å²) in [7, 11) is -0.640. The van der Waals surface area contributed by atoms with Gasteiger partial charge in [0.1, 0.15) is 11.4 Å². The molecule has 0 aliphatic carbocycles. The molecule has 5 N–H and O–H groups in total. The molecule has 28 heavy (non-hydrogen) atoms. The fourth-order valence-electron chi connectivity index (χ4n) is 2.49. The van der Waals surface area contributed by atoms with Gasteiger partial charge in [-0.25, -0.2) is 9.78 Å². The van der Waals surface area contributed by atoms with Crippen LogP contribution in [0.15, 0.2) is 17.7 Å². The van der Waals surface area contributed by atoms with E-state index < -0.39 is 30.0 Å². The van der Waals surface area contributed by atoms with Crippen molar-refractivity contribution in [3.05, 3.63) is 23.3 Å². The van der Waals surface area contributed by atoms with Crippen molar-refractivity contribution in [3.63, 3.8) is 0 Å². The van der Waals surface area contributed by atoms with Gasteiger partial charge in [-0.15, -0.1) is 0 Å². The van der Waals surface area contributed by atoms with E-state index >= 15 is 0 Å². The highest BCUT2D eigenvalue weighted by molar-refractivity contribution is 6.56. The minimum absolute atomic E-state index is 0.177. The molecule has 1 aliphatic rings. The first-order valence-electron chi connectivity index (χ1n) is 9.24. The maximum absolute atomic E-state index is 12.1. The van der Waals surface area contributed by atoms with E-state index in [9.17, 15) is 4.79 Å². The van der Waals surface area contributed by atoms with Crippen LogP contribution in [0.3, 0.4) is 0 Å². The van der Waals surface area contributed by atoms with Crippen LogP contribution in [0.5, 0.6) is 0 Å². The predicted octanol–water partition coefficient (Wildman–Crippen LogP) is 2.79. The van der Waals surface area contributed by atoms with Crippen molar-refractivity contribution in [2.24, 2.45) is 0 Å². The van der Waals surface area contributed by atoms with Gasteiger partial charge in [0.05, 0.1) is 16.9 Å². The van der Waals surface area contributed by atoms with E-state index in [2.05, 4.69) is 10.3 Å². The van der Waals surface area contributed by atoms with Crippen molar-refractivity contribution in [3.8, 4) is 0 Å². The summed E-state index contributed by atoms with van der Waals surface area (Å²) in [6.07, 6.45) is 2.90. The fraction of sp³-hybridized carbons (Fsp3) is 0.579. The van der Waals surface area contributed by atoms with Crippen LogP contribution < -0.4 is 16.8 Å². The van der Waals surface area contributed by atoms with E-state index in [1.54, 1.807) is 33.0 Å². The summed E-state index contributed by atoms with van der Waals surface area (Å²) >= 11 is 0. The number of nitrogens with zero attached hydrogens (tertiary/aromatic N) is 1. The number of carbonyl (C=O) groups is 1. The van der Waals surface area contributed by atoms with E-state index in [1.807, 2.05) is 33.8 Å². The lowest BCUT2D eigenvalue weighted by molar-refractivity contribution is 0.00578. The highest BCUT2D eigenvalue weighted by Crippen LogP contribution is 2.38. The summed E-state index contributed by atoms with van der Waals surface area (Å²) < 4.78 is 17.6. The van der Waals surface area contributed by atoms with Gasteiger partial charge < -0.3 is 30.8 Å². The molecule has 0 spiro atoms. The minimum atomic E-state index is -0.640. The summed E-state index contributed by atoms with van der Waals surface area (Å²) in [6, 6.07) is 1.71. The van der Waals surface area contributed by atoms with Gasteiger partial charge in [-0.3, -0.25) is 0 Å². The number of ether oxygens (including phenoxy) is 1. The van der Waals surface area contributed by atoms with Crippen LogP contribution in [0.25, 0.3) is 6.08 Å². The zero-order chi connectivity index (χ0) is 21.3. The van der Waals surface area contributed by atoms with Gasteiger partial charge in [0.25, 0.3) is 0 Å². The van der Waals surface area contributed by atoms with Gasteiger partial charge in [0.15, 0.2) is 0 Å². The summed E-state index contributed by atoms with van der Waals surface area (Å²) in [6.45, 7) is 13.5. The van der Waals surface area contributed by atoms with Crippen molar-refractivity contribution in [1.82, 2.24) is 10.3 Å². The number of nitrogens with one attached hydrogen (secondary N) is 1. The number of alkyl carbamates (subject to hydrolysis) is 1. The number of amides is 1. The zero-order valence-corrected chi connectivity index (χ0v) is 17.8. The lowest BCUT2D eigenvalue weighted by atomic mass is 9.77. The second-order valence-corrected chi connectivity index (χ2v) is 8.91. The highest BCUT2D eigenvalue weighted by Gasteiger charge is 2.52. The Bertz CT molecular complexity index is 756. The molecule has 1 aromatic rings.